The Morgan fingerprint density at radius 3 is 2.81 bits per heavy atom. The minimum absolute atomic E-state index is 0.162. The van der Waals surface area contributed by atoms with E-state index in [1.165, 1.54) is 23.0 Å². The van der Waals surface area contributed by atoms with Gasteiger partial charge in [0.2, 0.25) is 0 Å². The first-order valence-electron chi connectivity index (χ1n) is 4.59. The number of benzene rings is 1. The van der Waals surface area contributed by atoms with Crippen molar-refractivity contribution in [3.63, 3.8) is 0 Å². The first kappa shape index (κ1) is 10.8. The summed E-state index contributed by atoms with van der Waals surface area (Å²) < 4.78 is 14.9. The molecular formula is C11H8ClFN2O. The Bertz CT molecular complexity index is 531. The summed E-state index contributed by atoms with van der Waals surface area (Å²) in [4.78, 5) is 10.7. The summed E-state index contributed by atoms with van der Waals surface area (Å²) in [5.41, 5.74) is 1.14. The van der Waals surface area contributed by atoms with Gasteiger partial charge in [0, 0.05) is 0 Å². The number of aromatic nitrogens is 2. The van der Waals surface area contributed by atoms with Gasteiger partial charge >= 0.3 is 0 Å². The average Bonchev–Trinajstić information content (AvgIpc) is 2.60. The van der Waals surface area contributed by atoms with Crippen molar-refractivity contribution in [2.45, 2.75) is 6.92 Å². The molecule has 0 fully saturated rings. The van der Waals surface area contributed by atoms with Crippen LogP contribution in [0.2, 0.25) is 5.02 Å². The predicted molar refractivity (Wildman–Crippen MR) is 58.7 cm³/mol. The van der Waals surface area contributed by atoms with E-state index in [4.69, 9.17) is 11.6 Å². The predicted octanol–water partition coefficient (Wildman–Crippen LogP) is 2.79. The normalized spacial score (nSPS) is 10.4. The molecule has 0 saturated carbocycles. The summed E-state index contributed by atoms with van der Waals surface area (Å²) in [6.07, 6.45) is 2.05. The molecule has 0 radical (unpaired) electrons. The molecule has 0 spiro atoms. The Morgan fingerprint density at radius 1 is 1.50 bits per heavy atom. The van der Waals surface area contributed by atoms with Crippen LogP contribution < -0.4 is 0 Å². The maximum absolute atomic E-state index is 13.6. The molecule has 82 valence electrons. The van der Waals surface area contributed by atoms with Gasteiger partial charge in [-0.05, 0) is 19.1 Å². The minimum atomic E-state index is -0.476. The molecule has 0 unspecified atom stereocenters. The fourth-order valence-electron chi connectivity index (χ4n) is 1.45. The lowest BCUT2D eigenvalue weighted by molar-refractivity contribution is 0.112. The van der Waals surface area contributed by atoms with Crippen LogP contribution in [0.25, 0.3) is 5.69 Å². The monoisotopic (exact) mass is 238 g/mol. The van der Waals surface area contributed by atoms with Crippen molar-refractivity contribution in [1.82, 2.24) is 9.78 Å². The van der Waals surface area contributed by atoms with Crippen LogP contribution in [0.15, 0.2) is 24.4 Å². The van der Waals surface area contributed by atoms with Gasteiger partial charge in [-0.25, -0.2) is 9.07 Å². The molecule has 0 bridgehead atoms. The highest BCUT2D eigenvalue weighted by molar-refractivity contribution is 6.32. The van der Waals surface area contributed by atoms with Gasteiger partial charge in [0.25, 0.3) is 0 Å². The maximum atomic E-state index is 13.6. The molecule has 0 amide bonds. The van der Waals surface area contributed by atoms with Gasteiger partial charge in [0.15, 0.2) is 6.29 Å². The first-order valence-corrected chi connectivity index (χ1v) is 4.97. The lowest BCUT2D eigenvalue weighted by atomic mass is 10.2. The number of nitrogens with zero attached hydrogens (tertiary/aromatic N) is 2. The third-order valence-corrected chi connectivity index (χ3v) is 2.63. The largest absolute Gasteiger partial charge is 0.298 e. The molecular weight excluding hydrogens is 231 g/mol. The minimum Gasteiger partial charge on any atom is -0.298 e. The van der Waals surface area contributed by atoms with Gasteiger partial charge in [0.05, 0.1) is 22.5 Å². The van der Waals surface area contributed by atoms with E-state index >= 15 is 0 Å². The van der Waals surface area contributed by atoms with Crippen molar-refractivity contribution in [3.8, 4) is 5.69 Å². The van der Waals surface area contributed by atoms with E-state index in [1.54, 1.807) is 13.0 Å². The van der Waals surface area contributed by atoms with Crippen LogP contribution in [0.1, 0.15) is 16.1 Å². The molecule has 2 rings (SSSR count). The molecule has 0 aliphatic heterocycles. The fraction of sp³-hybridized carbons (Fsp3) is 0.0909. The van der Waals surface area contributed by atoms with Crippen LogP contribution in [0.5, 0.6) is 0 Å². The molecule has 0 N–H and O–H groups in total. The number of hydrogen-bond acceptors (Lipinski definition) is 2. The summed E-state index contributed by atoms with van der Waals surface area (Å²) >= 11 is 5.90. The smallest absolute Gasteiger partial charge is 0.153 e. The molecule has 5 heteroatoms. The molecule has 0 atom stereocenters. The van der Waals surface area contributed by atoms with E-state index in [1.807, 2.05) is 0 Å². The first-order chi connectivity index (χ1) is 7.65. The molecule has 1 aromatic carbocycles. The Hall–Kier alpha value is -1.68. The fourth-order valence-corrected chi connectivity index (χ4v) is 1.70. The standard InChI is InChI=1S/C11H8ClFN2O/c1-7-8(6-16)5-14-15(7)11-9(12)3-2-4-10(11)13/h2-6H,1H3. The number of halogens is 2. The maximum Gasteiger partial charge on any atom is 0.153 e. The number of rotatable bonds is 2. The highest BCUT2D eigenvalue weighted by Crippen LogP contribution is 2.24. The van der Waals surface area contributed by atoms with Crippen molar-refractivity contribution < 1.29 is 9.18 Å². The molecule has 0 aliphatic carbocycles. The second kappa shape index (κ2) is 4.06. The average molecular weight is 239 g/mol. The van der Waals surface area contributed by atoms with Gasteiger partial charge in [-0.1, -0.05) is 17.7 Å². The van der Waals surface area contributed by atoms with Crippen LogP contribution in [-0.2, 0) is 0 Å². The van der Waals surface area contributed by atoms with E-state index in [9.17, 15) is 9.18 Å². The number of aldehydes is 1. The van der Waals surface area contributed by atoms with Crippen LogP contribution in [0, 0.1) is 12.7 Å². The number of para-hydroxylation sites is 1. The molecule has 0 saturated heterocycles. The zero-order chi connectivity index (χ0) is 11.7. The number of carbonyl (C=O) groups excluding carboxylic acids is 1. The highest BCUT2D eigenvalue weighted by Gasteiger charge is 2.14. The SMILES string of the molecule is Cc1c(C=O)cnn1-c1c(F)cccc1Cl. The summed E-state index contributed by atoms with van der Waals surface area (Å²) in [5, 5.41) is 4.19. The molecule has 2 aromatic rings. The second-order valence-electron chi connectivity index (χ2n) is 3.29. The molecule has 0 aliphatic rings. The van der Waals surface area contributed by atoms with Crippen molar-refractivity contribution in [2.75, 3.05) is 0 Å². The van der Waals surface area contributed by atoms with Gasteiger partial charge in [-0.15, -0.1) is 0 Å². The zero-order valence-corrected chi connectivity index (χ0v) is 9.20. The molecule has 3 nitrogen and oxygen atoms in total. The number of hydrogen-bond donors (Lipinski definition) is 0. The van der Waals surface area contributed by atoms with E-state index in [0.717, 1.165) is 0 Å². The second-order valence-corrected chi connectivity index (χ2v) is 3.69. The Labute approximate surface area is 96.5 Å². The van der Waals surface area contributed by atoms with Crippen molar-refractivity contribution in [3.05, 3.63) is 46.5 Å². The van der Waals surface area contributed by atoms with E-state index in [0.29, 0.717) is 17.5 Å². The summed E-state index contributed by atoms with van der Waals surface area (Å²) in [5.74, 6) is -0.476. The third kappa shape index (κ3) is 1.61. The highest BCUT2D eigenvalue weighted by atomic mass is 35.5. The summed E-state index contributed by atoms with van der Waals surface area (Å²) in [7, 11) is 0. The van der Waals surface area contributed by atoms with Crippen LogP contribution >= 0.6 is 11.6 Å². The summed E-state index contributed by atoms with van der Waals surface area (Å²) in [6.45, 7) is 1.68. The lowest BCUT2D eigenvalue weighted by Gasteiger charge is -2.07. The zero-order valence-electron chi connectivity index (χ0n) is 8.45. The van der Waals surface area contributed by atoms with Crippen LogP contribution in [-0.4, -0.2) is 16.1 Å². The van der Waals surface area contributed by atoms with Crippen molar-refractivity contribution in [1.29, 1.82) is 0 Å². The quantitative estimate of drug-likeness (QED) is 0.754. The van der Waals surface area contributed by atoms with Gasteiger partial charge in [-0.3, -0.25) is 4.79 Å². The van der Waals surface area contributed by atoms with Crippen molar-refractivity contribution in [2.24, 2.45) is 0 Å². The number of carbonyl (C=O) groups is 1. The van der Waals surface area contributed by atoms with E-state index in [2.05, 4.69) is 5.10 Å². The summed E-state index contributed by atoms with van der Waals surface area (Å²) in [6, 6.07) is 4.38. The molecule has 1 aromatic heterocycles. The Kier molecular flexibility index (Phi) is 2.75. The third-order valence-electron chi connectivity index (χ3n) is 2.32. The van der Waals surface area contributed by atoms with Crippen LogP contribution in [0.4, 0.5) is 4.39 Å². The van der Waals surface area contributed by atoms with Gasteiger partial charge in [-0.2, -0.15) is 5.10 Å². The van der Waals surface area contributed by atoms with Crippen LogP contribution in [0.3, 0.4) is 0 Å². The molecule has 16 heavy (non-hydrogen) atoms. The Balaban J connectivity index is 2.67. The van der Waals surface area contributed by atoms with E-state index < -0.39 is 5.82 Å². The topological polar surface area (TPSA) is 34.9 Å². The van der Waals surface area contributed by atoms with Gasteiger partial charge < -0.3 is 0 Å². The van der Waals surface area contributed by atoms with E-state index in [-0.39, 0.29) is 10.7 Å². The molecule has 1 heterocycles. The van der Waals surface area contributed by atoms with Crippen molar-refractivity contribution >= 4 is 17.9 Å². The van der Waals surface area contributed by atoms with Gasteiger partial charge in [0.1, 0.15) is 11.5 Å². The Morgan fingerprint density at radius 2 is 2.25 bits per heavy atom. The lowest BCUT2D eigenvalue weighted by Crippen LogP contribution is -2.03.